The zero-order chi connectivity index (χ0) is 22.0. The fourth-order valence-corrected chi connectivity index (χ4v) is 4.15. The summed E-state index contributed by atoms with van der Waals surface area (Å²) in [5, 5.41) is 21.2. The minimum absolute atomic E-state index is 0.0297. The molecule has 1 saturated heterocycles. The molecule has 1 aliphatic rings. The number of halogens is 1. The van der Waals surface area contributed by atoms with E-state index in [1.54, 1.807) is 6.07 Å². The van der Waals surface area contributed by atoms with Crippen molar-refractivity contribution < 1.29 is 29.0 Å². The maximum atomic E-state index is 13.4. The molecule has 0 bridgehead atoms. The number of hydrogen-bond acceptors (Lipinski definition) is 6. The van der Waals surface area contributed by atoms with E-state index in [1.807, 2.05) is 0 Å². The fraction of sp³-hybridized carbons (Fsp3) is 0.100. The van der Waals surface area contributed by atoms with Gasteiger partial charge in [-0.2, -0.15) is 0 Å². The van der Waals surface area contributed by atoms with Crippen LogP contribution in [0.25, 0.3) is 6.08 Å². The van der Waals surface area contributed by atoms with Crippen molar-refractivity contribution >= 4 is 57.8 Å². The summed E-state index contributed by atoms with van der Waals surface area (Å²) < 4.78 is 13.5. The highest BCUT2D eigenvalue weighted by Crippen LogP contribution is 2.34. The van der Waals surface area contributed by atoms with Gasteiger partial charge in [0.15, 0.2) is 0 Å². The number of phenols is 1. The molecule has 2 aromatic carbocycles. The van der Waals surface area contributed by atoms with Crippen LogP contribution in [-0.2, 0) is 9.59 Å². The fourth-order valence-electron chi connectivity index (χ4n) is 2.73. The second-order valence-corrected chi connectivity index (χ2v) is 7.98. The molecule has 1 atom stereocenters. The number of nitrogens with one attached hydrogen (secondary N) is 1. The van der Waals surface area contributed by atoms with E-state index in [2.05, 4.69) is 5.32 Å². The lowest BCUT2D eigenvalue weighted by molar-refractivity contribution is -0.129. The number of nitrogens with zero attached hydrogens (tertiary/aromatic N) is 1. The van der Waals surface area contributed by atoms with Crippen molar-refractivity contribution in [1.29, 1.82) is 0 Å². The number of thiocarbonyl (C=S) groups is 1. The predicted octanol–water partition coefficient (Wildman–Crippen LogP) is 3.46. The molecule has 30 heavy (non-hydrogen) atoms. The molecule has 3 rings (SSSR count). The molecule has 3 N–H and O–H groups in total. The molecule has 0 aromatic heterocycles. The third-order valence-corrected chi connectivity index (χ3v) is 5.56. The molecular weight excluding hydrogens is 431 g/mol. The lowest BCUT2D eigenvalue weighted by Crippen LogP contribution is -2.44. The first-order valence-electron chi connectivity index (χ1n) is 8.57. The largest absolute Gasteiger partial charge is 0.508 e. The average molecular weight is 446 g/mol. The first-order valence-corrected chi connectivity index (χ1v) is 9.79. The Morgan fingerprint density at radius 1 is 1.27 bits per heavy atom. The number of benzene rings is 2. The van der Waals surface area contributed by atoms with Crippen LogP contribution >= 0.6 is 24.0 Å². The summed E-state index contributed by atoms with van der Waals surface area (Å²) >= 11 is 6.21. The molecule has 154 valence electrons. The summed E-state index contributed by atoms with van der Waals surface area (Å²) in [5.41, 5.74) is 0.146. The number of thioether (sulfide) groups is 1. The number of carboxylic acid groups (broad SMARTS) is 1. The van der Waals surface area contributed by atoms with Gasteiger partial charge in [-0.25, -0.2) is 9.18 Å². The van der Waals surface area contributed by atoms with Gasteiger partial charge >= 0.3 is 5.97 Å². The molecule has 0 aliphatic carbocycles. The van der Waals surface area contributed by atoms with Gasteiger partial charge in [0, 0.05) is 0 Å². The molecule has 1 fully saturated rings. The Balaban J connectivity index is 1.80. The average Bonchev–Trinajstić information content (AvgIpc) is 2.95. The maximum absolute atomic E-state index is 13.4. The van der Waals surface area contributed by atoms with Crippen molar-refractivity contribution in [2.75, 3.05) is 5.32 Å². The lowest BCUT2D eigenvalue weighted by Gasteiger charge is -2.22. The predicted molar refractivity (Wildman–Crippen MR) is 115 cm³/mol. The number of carbonyl (C=O) groups is 3. The number of amides is 2. The van der Waals surface area contributed by atoms with Gasteiger partial charge in [-0.1, -0.05) is 36.1 Å². The van der Waals surface area contributed by atoms with E-state index in [0.29, 0.717) is 5.56 Å². The third kappa shape index (κ3) is 4.50. The number of aromatic hydroxyl groups is 1. The SMILES string of the molecule is CC(C(=O)Nc1ccc(O)cc1C(=O)O)N1C(=O)/C(=C/c2cccc(F)c2)SC1=S. The molecule has 1 heterocycles. The minimum Gasteiger partial charge on any atom is -0.508 e. The van der Waals surface area contributed by atoms with Crippen LogP contribution in [0.4, 0.5) is 10.1 Å². The van der Waals surface area contributed by atoms with Crippen LogP contribution in [0.15, 0.2) is 47.4 Å². The van der Waals surface area contributed by atoms with Gasteiger partial charge < -0.3 is 15.5 Å². The molecule has 1 unspecified atom stereocenters. The second-order valence-electron chi connectivity index (χ2n) is 6.31. The van der Waals surface area contributed by atoms with Crippen LogP contribution in [0.3, 0.4) is 0 Å². The first kappa shape index (κ1) is 21.5. The number of hydrogen-bond donors (Lipinski definition) is 3. The first-order chi connectivity index (χ1) is 14.2. The zero-order valence-electron chi connectivity index (χ0n) is 15.5. The number of phenolic OH excluding ortho intramolecular Hbond substituents is 1. The van der Waals surface area contributed by atoms with E-state index in [-0.39, 0.29) is 26.2 Å². The van der Waals surface area contributed by atoms with Crippen LogP contribution in [0.1, 0.15) is 22.8 Å². The maximum Gasteiger partial charge on any atom is 0.337 e. The Hall–Kier alpha value is -3.24. The van der Waals surface area contributed by atoms with Crippen LogP contribution in [-0.4, -0.2) is 43.3 Å². The summed E-state index contributed by atoms with van der Waals surface area (Å²) in [6, 6.07) is 8.13. The summed E-state index contributed by atoms with van der Waals surface area (Å²) in [5.74, 6) is -3.22. The summed E-state index contributed by atoms with van der Waals surface area (Å²) in [7, 11) is 0. The zero-order valence-corrected chi connectivity index (χ0v) is 17.1. The van der Waals surface area contributed by atoms with Gasteiger partial charge in [-0.3, -0.25) is 14.5 Å². The van der Waals surface area contributed by atoms with E-state index in [4.69, 9.17) is 12.2 Å². The van der Waals surface area contributed by atoms with Crippen molar-refractivity contribution in [3.63, 3.8) is 0 Å². The molecule has 0 radical (unpaired) electrons. The quantitative estimate of drug-likeness (QED) is 0.367. The highest BCUT2D eigenvalue weighted by atomic mass is 32.2. The Morgan fingerprint density at radius 3 is 2.67 bits per heavy atom. The standard InChI is InChI=1S/C20H15FN2O5S2/c1-10(17(25)22-15-6-5-13(24)9-14(15)19(27)28)23-18(26)16(30-20(23)29)8-11-3-2-4-12(21)7-11/h2-10,24H,1H3,(H,22,25)(H,27,28)/b16-8-. The summed E-state index contributed by atoms with van der Waals surface area (Å²) in [6.45, 7) is 1.45. The molecule has 0 spiro atoms. The smallest absolute Gasteiger partial charge is 0.337 e. The highest BCUT2D eigenvalue weighted by Gasteiger charge is 2.38. The van der Waals surface area contributed by atoms with Gasteiger partial charge in [0.05, 0.1) is 16.2 Å². The van der Waals surface area contributed by atoms with E-state index in [1.165, 1.54) is 43.3 Å². The van der Waals surface area contributed by atoms with E-state index < -0.39 is 29.6 Å². The van der Waals surface area contributed by atoms with Crippen molar-refractivity contribution in [1.82, 2.24) is 4.90 Å². The molecular formula is C20H15FN2O5S2. The Morgan fingerprint density at radius 2 is 2.00 bits per heavy atom. The van der Waals surface area contributed by atoms with Gasteiger partial charge in [-0.15, -0.1) is 0 Å². The third-order valence-electron chi connectivity index (χ3n) is 4.23. The lowest BCUT2D eigenvalue weighted by atomic mass is 10.1. The molecule has 10 heteroatoms. The van der Waals surface area contributed by atoms with E-state index in [0.717, 1.165) is 22.7 Å². The Kier molecular flexibility index (Phi) is 6.18. The van der Waals surface area contributed by atoms with Crippen molar-refractivity contribution in [3.05, 3.63) is 64.3 Å². The summed E-state index contributed by atoms with van der Waals surface area (Å²) in [4.78, 5) is 38.1. The van der Waals surface area contributed by atoms with Gasteiger partial charge in [0.25, 0.3) is 5.91 Å². The van der Waals surface area contributed by atoms with Crippen LogP contribution in [0.5, 0.6) is 5.75 Å². The second kappa shape index (κ2) is 8.64. The monoisotopic (exact) mass is 446 g/mol. The normalized spacial score (nSPS) is 16.1. The van der Waals surface area contributed by atoms with Crippen LogP contribution in [0.2, 0.25) is 0 Å². The van der Waals surface area contributed by atoms with Crippen LogP contribution < -0.4 is 5.32 Å². The number of carboxylic acids is 1. The molecule has 2 aromatic rings. The molecule has 2 amide bonds. The molecule has 7 nitrogen and oxygen atoms in total. The van der Waals surface area contributed by atoms with Gasteiger partial charge in [0.1, 0.15) is 21.9 Å². The highest BCUT2D eigenvalue weighted by molar-refractivity contribution is 8.26. The van der Waals surface area contributed by atoms with Gasteiger partial charge in [0.2, 0.25) is 5.91 Å². The van der Waals surface area contributed by atoms with E-state index >= 15 is 0 Å². The van der Waals surface area contributed by atoms with Gasteiger partial charge in [-0.05, 0) is 48.9 Å². The summed E-state index contributed by atoms with van der Waals surface area (Å²) in [6.07, 6.45) is 1.48. The number of anilines is 1. The van der Waals surface area contributed by atoms with Crippen LogP contribution in [0, 0.1) is 5.82 Å². The minimum atomic E-state index is -1.34. The van der Waals surface area contributed by atoms with Crippen molar-refractivity contribution in [2.45, 2.75) is 13.0 Å². The Labute approximate surface area is 180 Å². The van der Waals surface area contributed by atoms with Crippen molar-refractivity contribution in [2.24, 2.45) is 0 Å². The Bertz CT molecular complexity index is 1100. The molecule has 0 saturated carbocycles. The van der Waals surface area contributed by atoms with E-state index in [9.17, 15) is 29.0 Å². The number of carbonyl (C=O) groups excluding carboxylic acids is 2. The number of rotatable bonds is 5. The van der Waals surface area contributed by atoms with Crippen molar-refractivity contribution in [3.8, 4) is 5.75 Å². The number of aromatic carboxylic acids is 1. The topological polar surface area (TPSA) is 107 Å². The molecule has 1 aliphatic heterocycles.